The molecule has 0 bridgehead atoms. The number of anilines is 2. The highest BCUT2D eigenvalue weighted by Crippen LogP contribution is 2.38. The zero-order valence-corrected chi connectivity index (χ0v) is 12.3. The second-order valence-electron chi connectivity index (χ2n) is 6.13. The van der Waals surface area contributed by atoms with E-state index >= 15 is 0 Å². The molecular formula is C14H24N4O. The topological polar surface area (TPSA) is 64.3 Å². The number of aromatic nitrogens is 2. The van der Waals surface area contributed by atoms with E-state index in [1.165, 1.54) is 32.0 Å². The van der Waals surface area contributed by atoms with Crippen LogP contribution in [0.4, 0.5) is 11.5 Å². The van der Waals surface area contributed by atoms with E-state index in [4.69, 9.17) is 10.5 Å². The van der Waals surface area contributed by atoms with Gasteiger partial charge >= 0.3 is 0 Å². The fraction of sp³-hybridized carbons (Fsp3) is 0.714. The molecule has 0 radical (unpaired) electrons. The number of hydrogen-bond donors (Lipinski definition) is 1. The Balaban J connectivity index is 2.14. The van der Waals surface area contributed by atoms with E-state index in [-0.39, 0.29) is 0 Å². The minimum absolute atomic E-state index is 0.452. The number of rotatable bonds is 3. The highest BCUT2D eigenvalue weighted by molar-refractivity contribution is 5.67. The normalized spacial score (nSPS) is 19.2. The van der Waals surface area contributed by atoms with Crippen LogP contribution in [0.1, 0.15) is 39.5 Å². The molecule has 0 aromatic carbocycles. The van der Waals surface area contributed by atoms with Gasteiger partial charge < -0.3 is 15.4 Å². The van der Waals surface area contributed by atoms with Gasteiger partial charge in [0.15, 0.2) is 5.82 Å². The van der Waals surface area contributed by atoms with Crippen molar-refractivity contribution in [1.82, 2.24) is 9.97 Å². The fourth-order valence-electron chi connectivity index (χ4n) is 2.76. The summed E-state index contributed by atoms with van der Waals surface area (Å²) in [4.78, 5) is 10.5. The summed E-state index contributed by atoms with van der Waals surface area (Å²) in [5, 5.41) is 0. The lowest BCUT2D eigenvalue weighted by atomic mass is 9.75. The van der Waals surface area contributed by atoms with E-state index < -0.39 is 0 Å². The van der Waals surface area contributed by atoms with Gasteiger partial charge in [-0.2, -0.15) is 4.98 Å². The minimum atomic E-state index is 0.452. The van der Waals surface area contributed by atoms with E-state index in [0.29, 0.717) is 23.0 Å². The molecule has 2 N–H and O–H groups in total. The van der Waals surface area contributed by atoms with Crippen LogP contribution < -0.4 is 15.4 Å². The summed E-state index contributed by atoms with van der Waals surface area (Å²) < 4.78 is 5.15. The molecule has 1 fully saturated rings. The van der Waals surface area contributed by atoms with Gasteiger partial charge in [0.05, 0.1) is 7.11 Å². The summed E-state index contributed by atoms with van der Waals surface area (Å²) in [6.45, 7) is 4.68. The van der Waals surface area contributed by atoms with Crippen molar-refractivity contribution in [3.63, 3.8) is 0 Å². The summed E-state index contributed by atoms with van der Waals surface area (Å²) in [6.07, 6.45) is 6.34. The molecule has 5 heteroatoms. The van der Waals surface area contributed by atoms with Crippen LogP contribution in [-0.4, -0.2) is 30.2 Å². The lowest BCUT2D eigenvalue weighted by Crippen LogP contribution is -2.38. The average molecular weight is 264 g/mol. The third-order valence-corrected chi connectivity index (χ3v) is 4.21. The molecule has 19 heavy (non-hydrogen) atoms. The maximum atomic E-state index is 6.06. The van der Waals surface area contributed by atoms with Crippen LogP contribution in [0.2, 0.25) is 0 Å². The summed E-state index contributed by atoms with van der Waals surface area (Å²) in [5.41, 5.74) is 7.05. The van der Waals surface area contributed by atoms with Crippen molar-refractivity contribution in [2.75, 3.05) is 24.8 Å². The first-order valence-electron chi connectivity index (χ1n) is 6.82. The second kappa shape index (κ2) is 5.23. The van der Waals surface area contributed by atoms with Gasteiger partial charge in [-0.05, 0) is 31.1 Å². The van der Waals surface area contributed by atoms with Crippen molar-refractivity contribution in [2.24, 2.45) is 5.41 Å². The van der Waals surface area contributed by atoms with Crippen LogP contribution in [0.25, 0.3) is 0 Å². The van der Waals surface area contributed by atoms with Crippen LogP contribution in [-0.2, 0) is 0 Å². The molecule has 106 valence electrons. The maximum Gasteiger partial charge on any atom is 0.242 e. The molecule has 1 aromatic heterocycles. The first-order chi connectivity index (χ1) is 8.94. The highest BCUT2D eigenvalue weighted by atomic mass is 16.5. The van der Waals surface area contributed by atoms with Crippen LogP contribution in [0.15, 0.2) is 6.33 Å². The molecule has 0 atom stereocenters. The van der Waals surface area contributed by atoms with Crippen LogP contribution in [0.3, 0.4) is 0 Å². The molecule has 0 amide bonds. The molecular weight excluding hydrogens is 240 g/mol. The van der Waals surface area contributed by atoms with Gasteiger partial charge in [0, 0.05) is 13.1 Å². The Morgan fingerprint density at radius 3 is 2.53 bits per heavy atom. The zero-order chi connectivity index (χ0) is 14.0. The standard InChI is InChI=1S/C14H24N4O/c1-14(2)7-5-10(6-8-14)18(3)12-11(15)13(19-4)17-9-16-12/h9-10H,5-8,15H2,1-4H3. The first-order valence-corrected chi connectivity index (χ1v) is 6.82. The first kappa shape index (κ1) is 13.9. The predicted octanol–water partition coefficient (Wildman–Crippen LogP) is 2.47. The molecule has 1 aromatic rings. The largest absolute Gasteiger partial charge is 0.479 e. The van der Waals surface area contributed by atoms with E-state index in [2.05, 4.69) is 35.8 Å². The number of nitrogens with zero attached hydrogens (tertiary/aromatic N) is 3. The van der Waals surface area contributed by atoms with E-state index in [1.54, 1.807) is 7.11 Å². The van der Waals surface area contributed by atoms with Crippen molar-refractivity contribution in [3.05, 3.63) is 6.33 Å². The quantitative estimate of drug-likeness (QED) is 0.908. The molecule has 1 heterocycles. The van der Waals surface area contributed by atoms with Gasteiger partial charge in [-0.25, -0.2) is 4.98 Å². The van der Waals surface area contributed by atoms with Crippen LogP contribution >= 0.6 is 0 Å². The molecule has 1 aliphatic carbocycles. The van der Waals surface area contributed by atoms with Crippen LogP contribution in [0, 0.1) is 5.41 Å². The van der Waals surface area contributed by atoms with Gasteiger partial charge in [0.2, 0.25) is 5.88 Å². The van der Waals surface area contributed by atoms with Gasteiger partial charge in [-0.1, -0.05) is 13.8 Å². The minimum Gasteiger partial charge on any atom is -0.479 e. The molecule has 0 spiro atoms. The van der Waals surface area contributed by atoms with E-state index in [9.17, 15) is 0 Å². The van der Waals surface area contributed by atoms with Crippen molar-refractivity contribution >= 4 is 11.5 Å². The Kier molecular flexibility index (Phi) is 3.83. The summed E-state index contributed by atoms with van der Waals surface area (Å²) in [5.74, 6) is 1.23. The lowest BCUT2D eigenvalue weighted by molar-refractivity contribution is 0.222. The number of nitrogens with two attached hydrogens (primary N) is 1. The molecule has 5 nitrogen and oxygen atoms in total. The predicted molar refractivity (Wildman–Crippen MR) is 77.4 cm³/mol. The molecule has 1 aliphatic rings. The maximum absolute atomic E-state index is 6.06. The average Bonchev–Trinajstić information content (AvgIpc) is 2.38. The number of hydrogen-bond acceptors (Lipinski definition) is 5. The smallest absolute Gasteiger partial charge is 0.242 e. The second-order valence-corrected chi connectivity index (χ2v) is 6.13. The molecule has 0 saturated heterocycles. The molecule has 2 rings (SSSR count). The Morgan fingerprint density at radius 1 is 1.32 bits per heavy atom. The summed E-state index contributed by atoms with van der Waals surface area (Å²) in [7, 11) is 3.63. The Bertz CT molecular complexity index is 437. The van der Waals surface area contributed by atoms with Crippen molar-refractivity contribution in [3.8, 4) is 5.88 Å². The van der Waals surface area contributed by atoms with Gasteiger partial charge in [0.25, 0.3) is 0 Å². The number of methoxy groups -OCH3 is 1. The van der Waals surface area contributed by atoms with Crippen molar-refractivity contribution in [2.45, 2.75) is 45.6 Å². The van der Waals surface area contributed by atoms with Gasteiger partial charge in [-0.3, -0.25) is 0 Å². The zero-order valence-electron chi connectivity index (χ0n) is 12.3. The Labute approximate surface area is 115 Å². The molecule has 0 unspecified atom stereocenters. The third-order valence-electron chi connectivity index (χ3n) is 4.21. The highest BCUT2D eigenvalue weighted by Gasteiger charge is 2.30. The third kappa shape index (κ3) is 2.91. The van der Waals surface area contributed by atoms with Gasteiger partial charge in [-0.15, -0.1) is 0 Å². The molecule has 0 aliphatic heterocycles. The van der Waals surface area contributed by atoms with Crippen molar-refractivity contribution in [1.29, 1.82) is 0 Å². The number of ether oxygens (including phenoxy) is 1. The Morgan fingerprint density at radius 2 is 1.95 bits per heavy atom. The van der Waals surface area contributed by atoms with E-state index in [1.807, 2.05) is 0 Å². The molecule has 1 saturated carbocycles. The fourth-order valence-corrected chi connectivity index (χ4v) is 2.76. The lowest BCUT2D eigenvalue weighted by Gasteiger charge is -2.39. The summed E-state index contributed by atoms with van der Waals surface area (Å²) >= 11 is 0. The Hall–Kier alpha value is -1.52. The monoisotopic (exact) mass is 264 g/mol. The SMILES string of the molecule is COc1ncnc(N(C)C2CCC(C)(C)CC2)c1N. The van der Waals surface area contributed by atoms with Crippen LogP contribution in [0.5, 0.6) is 5.88 Å². The van der Waals surface area contributed by atoms with Crippen molar-refractivity contribution < 1.29 is 4.74 Å². The van der Waals surface area contributed by atoms with E-state index in [0.717, 1.165) is 5.82 Å². The van der Waals surface area contributed by atoms with Gasteiger partial charge in [0.1, 0.15) is 12.0 Å². The number of nitrogen functional groups attached to an aromatic ring is 1. The summed E-state index contributed by atoms with van der Waals surface area (Å²) in [6, 6.07) is 0.495.